The Hall–Kier alpha value is -1.92. The van der Waals surface area contributed by atoms with E-state index in [1.807, 2.05) is 36.4 Å². The number of rotatable bonds is 4. The van der Waals surface area contributed by atoms with Gasteiger partial charge in [0, 0.05) is 10.3 Å². The normalized spacial score (nSPS) is 11.7. The van der Waals surface area contributed by atoms with Gasteiger partial charge >= 0.3 is 5.97 Å². The quantitative estimate of drug-likeness (QED) is 0.570. The van der Waals surface area contributed by atoms with Gasteiger partial charge in [-0.05, 0) is 25.5 Å². The number of nitrogens with zero attached hydrogens (tertiary/aromatic N) is 2. The summed E-state index contributed by atoms with van der Waals surface area (Å²) in [6, 6.07) is 12.1. The molecule has 4 nitrogen and oxygen atoms in total. The topological polar surface area (TPSA) is 63.1 Å². The van der Waals surface area contributed by atoms with Crippen molar-refractivity contribution in [3.05, 3.63) is 42.7 Å². The number of carboxylic acids is 1. The zero-order valence-corrected chi connectivity index (χ0v) is 13.7. The molecule has 0 aliphatic heterocycles. The number of thiophene rings is 1. The molecule has 1 N–H and O–H groups in total. The lowest BCUT2D eigenvalue weighted by Gasteiger charge is -2.17. The van der Waals surface area contributed by atoms with Gasteiger partial charge in [-0.25, -0.2) is 9.97 Å². The van der Waals surface area contributed by atoms with Crippen molar-refractivity contribution >= 4 is 39.3 Å². The molecule has 0 aliphatic rings. The smallest absolute Gasteiger partial charge is 0.319 e. The zero-order chi connectivity index (χ0) is 15.7. The Labute approximate surface area is 136 Å². The lowest BCUT2D eigenvalue weighted by molar-refractivity contribution is -0.138. The van der Waals surface area contributed by atoms with Crippen LogP contribution >= 0.6 is 23.1 Å². The number of benzene rings is 1. The van der Waals surface area contributed by atoms with Gasteiger partial charge in [0.05, 0.1) is 0 Å². The highest BCUT2D eigenvalue weighted by molar-refractivity contribution is 8.01. The first-order valence-electron chi connectivity index (χ1n) is 6.70. The number of aromatic nitrogens is 2. The lowest BCUT2D eigenvalue weighted by atomic mass is 10.2. The Morgan fingerprint density at radius 3 is 2.64 bits per heavy atom. The van der Waals surface area contributed by atoms with Gasteiger partial charge < -0.3 is 5.11 Å². The van der Waals surface area contributed by atoms with Crippen molar-refractivity contribution in [1.29, 1.82) is 0 Å². The summed E-state index contributed by atoms with van der Waals surface area (Å²) in [6.07, 6.45) is 1.49. The molecule has 3 rings (SSSR count). The Kier molecular flexibility index (Phi) is 3.88. The fourth-order valence-electron chi connectivity index (χ4n) is 1.95. The second kappa shape index (κ2) is 5.70. The van der Waals surface area contributed by atoms with Crippen LogP contribution in [-0.2, 0) is 4.79 Å². The standard InChI is InChI=1S/C16H14N2O2S2/c1-16(2,15(19)20)22-14-11-8-12(10-6-4-3-5-7-10)21-13(11)17-9-18-14/h3-9H,1-2H3,(H,19,20). The maximum atomic E-state index is 11.3. The fraction of sp³-hybridized carbons (Fsp3) is 0.188. The number of thioether (sulfide) groups is 1. The molecular formula is C16H14N2O2S2. The van der Waals surface area contributed by atoms with Crippen LogP contribution in [0.1, 0.15) is 13.8 Å². The van der Waals surface area contributed by atoms with Crippen LogP contribution < -0.4 is 0 Å². The molecule has 0 atom stereocenters. The van der Waals surface area contributed by atoms with Crippen molar-refractivity contribution < 1.29 is 9.90 Å². The van der Waals surface area contributed by atoms with E-state index in [0.29, 0.717) is 5.03 Å². The number of hydrogen-bond acceptors (Lipinski definition) is 5. The van der Waals surface area contributed by atoms with Crippen molar-refractivity contribution in [1.82, 2.24) is 9.97 Å². The molecule has 0 spiro atoms. The molecule has 3 aromatic rings. The largest absolute Gasteiger partial charge is 0.480 e. The highest BCUT2D eigenvalue weighted by Crippen LogP contribution is 2.39. The Balaban J connectivity index is 2.06. The number of aliphatic carboxylic acids is 1. The number of carbonyl (C=O) groups is 1. The van der Waals surface area contributed by atoms with Gasteiger partial charge in [-0.2, -0.15) is 0 Å². The average Bonchev–Trinajstić information content (AvgIpc) is 2.93. The molecule has 0 fully saturated rings. The molecule has 0 amide bonds. The zero-order valence-electron chi connectivity index (χ0n) is 12.1. The SMILES string of the molecule is CC(C)(Sc1ncnc2sc(-c3ccccc3)cc12)C(=O)O. The van der Waals surface area contributed by atoms with Crippen LogP contribution in [0.5, 0.6) is 0 Å². The summed E-state index contributed by atoms with van der Waals surface area (Å²) in [4.78, 5) is 21.9. The molecule has 0 radical (unpaired) electrons. The minimum Gasteiger partial charge on any atom is -0.480 e. The summed E-state index contributed by atoms with van der Waals surface area (Å²) in [6.45, 7) is 3.36. The van der Waals surface area contributed by atoms with Crippen molar-refractivity contribution in [2.24, 2.45) is 0 Å². The minimum atomic E-state index is -0.934. The van der Waals surface area contributed by atoms with E-state index >= 15 is 0 Å². The second-order valence-corrected chi connectivity index (χ2v) is 7.93. The highest BCUT2D eigenvalue weighted by atomic mass is 32.2. The third kappa shape index (κ3) is 2.84. The van der Waals surface area contributed by atoms with E-state index in [2.05, 4.69) is 9.97 Å². The van der Waals surface area contributed by atoms with Gasteiger partial charge in [-0.3, -0.25) is 4.79 Å². The molecule has 0 saturated carbocycles. The summed E-state index contributed by atoms with van der Waals surface area (Å²) in [5.74, 6) is -0.859. The molecule has 0 aliphatic carbocycles. The number of hydrogen-bond donors (Lipinski definition) is 1. The number of fused-ring (bicyclic) bond motifs is 1. The first kappa shape index (κ1) is 15.0. The van der Waals surface area contributed by atoms with Gasteiger partial charge in [0.15, 0.2) is 0 Å². The molecule has 0 bridgehead atoms. The molecule has 2 heterocycles. The maximum absolute atomic E-state index is 11.3. The van der Waals surface area contributed by atoms with Crippen molar-refractivity contribution in [3.8, 4) is 10.4 Å². The molecule has 0 saturated heterocycles. The van der Waals surface area contributed by atoms with Crippen molar-refractivity contribution in [3.63, 3.8) is 0 Å². The summed E-state index contributed by atoms with van der Waals surface area (Å²) in [5, 5.41) is 10.9. The van der Waals surface area contributed by atoms with Gasteiger partial charge in [0.2, 0.25) is 0 Å². The highest BCUT2D eigenvalue weighted by Gasteiger charge is 2.30. The van der Waals surface area contributed by atoms with Crippen molar-refractivity contribution in [2.75, 3.05) is 0 Å². The maximum Gasteiger partial charge on any atom is 0.319 e. The third-order valence-corrected chi connectivity index (χ3v) is 5.51. The number of carboxylic acid groups (broad SMARTS) is 1. The van der Waals surface area contributed by atoms with Crippen LogP contribution in [0.2, 0.25) is 0 Å². The molecule has 0 unspecified atom stereocenters. The van der Waals surface area contributed by atoms with E-state index in [9.17, 15) is 9.90 Å². The van der Waals surface area contributed by atoms with E-state index in [-0.39, 0.29) is 0 Å². The van der Waals surface area contributed by atoms with Gasteiger partial charge in [-0.1, -0.05) is 42.1 Å². The van der Waals surface area contributed by atoms with Crippen LogP contribution in [0.25, 0.3) is 20.7 Å². The summed E-state index contributed by atoms with van der Waals surface area (Å²) >= 11 is 2.84. The molecule has 6 heteroatoms. The van der Waals surface area contributed by atoms with E-state index in [1.54, 1.807) is 25.2 Å². The Bertz CT molecular complexity index is 829. The summed E-state index contributed by atoms with van der Waals surface area (Å²) < 4.78 is -0.934. The van der Waals surface area contributed by atoms with Gasteiger partial charge in [0.25, 0.3) is 0 Å². The van der Waals surface area contributed by atoms with E-state index < -0.39 is 10.7 Å². The minimum absolute atomic E-state index is 0.704. The molecule has 112 valence electrons. The summed E-state index contributed by atoms with van der Waals surface area (Å²) in [7, 11) is 0. The van der Waals surface area contributed by atoms with Crippen molar-refractivity contribution in [2.45, 2.75) is 23.6 Å². The Morgan fingerprint density at radius 2 is 1.95 bits per heavy atom. The molecule has 2 aromatic heterocycles. The van der Waals surface area contributed by atoms with Gasteiger partial charge in [-0.15, -0.1) is 11.3 Å². The van der Waals surface area contributed by atoms with E-state index in [4.69, 9.17) is 0 Å². The first-order valence-corrected chi connectivity index (χ1v) is 8.33. The van der Waals surface area contributed by atoms with E-state index in [0.717, 1.165) is 20.7 Å². The summed E-state index contributed by atoms with van der Waals surface area (Å²) in [5.41, 5.74) is 1.12. The lowest BCUT2D eigenvalue weighted by Crippen LogP contribution is -2.27. The third-order valence-electron chi connectivity index (χ3n) is 3.22. The molecule has 22 heavy (non-hydrogen) atoms. The van der Waals surface area contributed by atoms with Crippen LogP contribution in [0.3, 0.4) is 0 Å². The van der Waals surface area contributed by atoms with Gasteiger partial charge in [0.1, 0.15) is 20.9 Å². The van der Waals surface area contributed by atoms with Crippen LogP contribution in [0.15, 0.2) is 47.8 Å². The predicted molar refractivity (Wildman–Crippen MR) is 90.4 cm³/mol. The van der Waals surface area contributed by atoms with Crippen LogP contribution in [0.4, 0.5) is 0 Å². The van der Waals surface area contributed by atoms with E-state index in [1.165, 1.54) is 18.1 Å². The second-order valence-electron chi connectivity index (χ2n) is 5.29. The predicted octanol–water partition coefficient (Wildman–Crippen LogP) is 4.31. The first-order chi connectivity index (χ1) is 10.5. The van der Waals surface area contributed by atoms with Crippen LogP contribution in [0, 0.1) is 0 Å². The monoisotopic (exact) mass is 330 g/mol. The average molecular weight is 330 g/mol. The van der Waals surface area contributed by atoms with Crippen LogP contribution in [-0.4, -0.2) is 25.8 Å². The Morgan fingerprint density at radius 1 is 1.23 bits per heavy atom. The molecule has 1 aromatic carbocycles. The fourth-order valence-corrected chi connectivity index (χ4v) is 3.95. The molecular weight excluding hydrogens is 316 g/mol.